The Kier molecular flexibility index (Phi) is 7.32. The van der Waals surface area contributed by atoms with Crippen LogP contribution >= 0.6 is 11.8 Å². The second-order valence-corrected chi connectivity index (χ2v) is 5.70. The predicted molar refractivity (Wildman–Crippen MR) is 80.9 cm³/mol. The molecule has 0 saturated heterocycles. The van der Waals surface area contributed by atoms with E-state index in [9.17, 15) is 0 Å². The molecule has 4 heteroatoms. The molecule has 0 radical (unpaired) electrons. The average Bonchev–Trinajstić information content (AvgIpc) is 2.34. The van der Waals surface area contributed by atoms with Crippen LogP contribution in [0.4, 0.5) is 0 Å². The second-order valence-electron chi connectivity index (χ2n) is 4.71. The fourth-order valence-corrected chi connectivity index (χ4v) is 2.51. The molecule has 0 aromatic carbocycles. The molecule has 1 unspecified atom stereocenters. The van der Waals surface area contributed by atoms with E-state index >= 15 is 0 Å². The number of likely N-dealkylation sites (N-methyl/N-ethyl adjacent to an activating group) is 1. The zero-order valence-corrected chi connectivity index (χ0v) is 12.5. The van der Waals surface area contributed by atoms with E-state index in [1.165, 1.54) is 18.6 Å². The molecule has 1 heterocycles. The highest BCUT2D eigenvalue weighted by atomic mass is 32.2. The quantitative estimate of drug-likeness (QED) is 0.734. The van der Waals surface area contributed by atoms with Gasteiger partial charge in [0.1, 0.15) is 0 Å². The number of thioether (sulfide) groups is 1. The number of nitrogens with two attached hydrogens (primary N) is 1. The van der Waals surface area contributed by atoms with Crippen LogP contribution in [0.25, 0.3) is 0 Å². The summed E-state index contributed by atoms with van der Waals surface area (Å²) in [6, 6.07) is 6.64. The lowest BCUT2D eigenvalue weighted by atomic mass is 10.1. The van der Waals surface area contributed by atoms with Gasteiger partial charge in [-0.2, -0.15) is 11.8 Å². The molecular formula is C14H25N3S. The molecule has 18 heavy (non-hydrogen) atoms. The van der Waals surface area contributed by atoms with Gasteiger partial charge in [-0.05, 0) is 51.0 Å². The molecule has 1 atom stereocenters. The smallest absolute Gasteiger partial charge is 0.0547 e. The number of rotatable bonds is 8. The van der Waals surface area contributed by atoms with Crippen LogP contribution in [0.2, 0.25) is 0 Å². The van der Waals surface area contributed by atoms with E-state index in [-0.39, 0.29) is 0 Å². The highest BCUT2D eigenvalue weighted by Gasteiger charge is 2.13. The first-order chi connectivity index (χ1) is 8.67. The molecule has 0 amide bonds. The van der Waals surface area contributed by atoms with E-state index in [2.05, 4.69) is 35.3 Å². The minimum Gasteiger partial charge on any atom is -0.329 e. The van der Waals surface area contributed by atoms with Gasteiger partial charge in [0.05, 0.1) is 5.69 Å². The first kappa shape index (κ1) is 15.5. The Balaban J connectivity index is 2.48. The molecule has 1 aromatic heterocycles. The Labute approximate surface area is 115 Å². The maximum Gasteiger partial charge on any atom is 0.0547 e. The van der Waals surface area contributed by atoms with E-state index in [4.69, 9.17) is 5.73 Å². The van der Waals surface area contributed by atoms with Crippen LogP contribution in [0.15, 0.2) is 18.2 Å². The Morgan fingerprint density at radius 2 is 2.22 bits per heavy atom. The van der Waals surface area contributed by atoms with Crippen molar-refractivity contribution in [3.8, 4) is 0 Å². The van der Waals surface area contributed by atoms with Gasteiger partial charge in [-0.1, -0.05) is 6.07 Å². The summed E-state index contributed by atoms with van der Waals surface area (Å²) in [6.45, 7) is 3.63. The summed E-state index contributed by atoms with van der Waals surface area (Å²) >= 11 is 1.90. The summed E-state index contributed by atoms with van der Waals surface area (Å²) in [5.74, 6) is 1.22. The van der Waals surface area contributed by atoms with Gasteiger partial charge in [0.25, 0.3) is 0 Å². The van der Waals surface area contributed by atoms with Crippen molar-refractivity contribution in [2.45, 2.75) is 32.4 Å². The number of hydrogen-bond acceptors (Lipinski definition) is 4. The SMILES string of the molecule is CSCCCC(CN)N(C)Cc1cccc(C)n1. The van der Waals surface area contributed by atoms with Crippen LogP contribution in [-0.2, 0) is 6.54 Å². The Morgan fingerprint density at radius 3 is 2.83 bits per heavy atom. The minimum atomic E-state index is 0.458. The van der Waals surface area contributed by atoms with E-state index in [0.717, 1.165) is 24.5 Å². The molecule has 0 aliphatic heterocycles. The van der Waals surface area contributed by atoms with E-state index in [1.54, 1.807) is 0 Å². The summed E-state index contributed by atoms with van der Waals surface area (Å²) in [5.41, 5.74) is 8.07. The van der Waals surface area contributed by atoms with Crippen LogP contribution in [0.3, 0.4) is 0 Å². The Bertz CT molecular complexity index is 344. The van der Waals surface area contributed by atoms with Crippen molar-refractivity contribution in [1.29, 1.82) is 0 Å². The number of hydrogen-bond donors (Lipinski definition) is 1. The van der Waals surface area contributed by atoms with Gasteiger partial charge in [0, 0.05) is 24.8 Å². The number of nitrogens with zero attached hydrogens (tertiary/aromatic N) is 2. The topological polar surface area (TPSA) is 42.1 Å². The lowest BCUT2D eigenvalue weighted by Crippen LogP contribution is -2.37. The van der Waals surface area contributed by atoms with Crippen molar-refractivity contribution in [2.24, 2.45) is 5.73 Å². The largest absolute Gasteiger partial charge is 0.329 e. The third kappa shape index (κ3) is 5.38. The molecule has 3 nitrogen and oxygen atoms in total. The summed E-state index contributed by atoms with van der Waals surface area (Å²) in [6.07, 6.45) is 4.55. The summed E-state index contributed by atoms with van der Waals surface area (Å²) in [4.78, 5) is 6.86. The van der Waals surface area contributed by atoms with Crippen molar-refractivity contribution in [1.82, 2.24) is 9.88 Å². The standard InChI is InChI=1S/C14H25N3S/c1-12-6-4-7-13(16-12)11-17(2)14(10-15)8-5-9-18-3/h4,6-7,14H,5,8-11,15H2,1-3H3. The minimum absolute atomic E-state index is 0.458. The summed E-state index contributed by atoms with van der Waals surface area (Å²) in [7, 11) is 2.14. The zero-order valence-electron chi connectivity index (χ0n) is 11.7. The first-order valence-corrected chi connectivity index (χ1v) is 7.88. The summed E-state index contributed by atoms with van der Waals surface area (Å²) < 4.78 is 0. The fraction of sp³-hybridized carbons (Fsp3) is 0.643. The number of aryl methyl sites for hydroxylation is 1. The molecule has 0 saturated carbocycles. The molecule has 0 aliphatic carbocycles. The second kappa shape index (κ2) is 8.51. The van der Waals surface area contributed by atoms with Crippen molar-refractivity contribution in [3.63, 3.8) is 0 Å². The van der Waals surface area contributed by atoms with Crippen LogP contribution in [0.1, 0.15) is 24.2 Å². The first-order valence-electron chi connectivity index (χ1n) is 6.49. The highest BCUT2D eigenvalue weighted by Crippen LogP contribution is 2.10. The molecule has 102 valence electrons. The molecule has 0 bridgehead atoms. The van der Waals surface area contributed by atoms with Crippen LogP contribution in [0.5, 0.6) is 0 Å². The van der Waals surface area contributed by atoms with E-state index in [1.807, 2.05) is 24.8 Å². The normalized spacial score (nSPS) is 12.9. The van der Waals surface area contributed by atoms with Crippen molar-refractivity contribution in [3.05, 3.63) is 29.6 Å². The lowest BCUT2D eigenvalue weighted by Gasteiger charge is -2.26. The van der Waals surface area contributed by atoms with Gasteiger partial charge >= 0.3 is 0 Å². The van der Waals surface area contributed by atoms with E-state index < -0.39 is 0 Å². The molecule has 0 spiro atoms. The zero-order chi connectivity index (χ0) is 13.4. The molecule has 0 aliphatic rings. The lowest BCUT2D eigenvalue weighted by molar-refractivity contribution is 0.224. The Morgan fingerprint density at radius 1 is 1.44 bits per heavy atom. The van der Waals surface area contributed by atoms with Crippen molar-refractivity contribution in [2.75, 3.05) is 25.6 Å². The maximum absolute atomic E-state index is 5.87. The van der Waals surface area contributed by atoms with Gasteiger partial charge in [0.15, 0.2) is 0 Å². The van der Waals surface area contributed by atoms with Crippen molar-refractivity contribution >= 4 is 11.8 Å². The third-order valence-corrected chi connectivity index (χ3v) is 3.84. The fourth-order valence-electron chi connectivity index (χ4n) is 2.05. The highest BCUT2D eigenvalue weighted by molar-refractivity contribution is 7.98. The Hall–Kier alpha value is -0.580. The summed E-state index contributed by atoms with van der Waals surface area (Å²) in [5, 5.41) is 0. The molecule has 2 N–H and O–H groups in total. The molecule has 1 rings (SSSR count). The molecule has 0 fully saturated rings. The average molecular weight is 267 g/mol. The van der Waals surface area contributed by atoms with Crippen molar-refractivity contribution < 1.29 is 0 Å². The van der Waals surface area contributed by atoms with Crippen LogP contribution < -0.4 is 5.73 Å². The van der Waals surface area contributed by atoms with Crippen LogP contribution in [-0.4, -0.2) is 41.5 Å². The van der Waals surface area contributed by atoms with E-state index in [0.29, 0.717) is 6.04 Å². The predicted octanol–water partition coefficient (Wildman–Crippen LogP) is 2.29. The molecule has 1 aromatic rings. The van der Waals surface area contributed by atoms with Gasteiger partial charge in [-0.3, -0.25) is 9.88 Å². The van der Waals surface area contributed by atoms with Gasteiger partial charge < -0.3 is 5.73 Å². The third-order valence-electron chi connectivity index (χ3n) is 3.14. The van der Waals surface area contributed by atoms with Gasteiger partial charge in [0.2, 0.25) is 0 Å². The number of aromatic nitrogens is 1. The van der Waals surface area contributed by atoms with Crippen LogP contribution in [0, 0.1) is 6.92 Å². The maximum atomic E-state index is 5.87. The molecular weight excluding hydrogens is 242 g/mol. The number of pyridine rings is 1. The van der Waals surface area contributed by atoms with Gasteiger partial charge in [-0.15, -0.1) is 0 Å². The van der Waals surface area contributed by atoms with Gasteiger partial charge in [-0.25, -0.2) is 0 Å². The monoisotopic (exact) mass is 267 g/mol.